The number of hydrogen-bond donors (Lipinski definition) is 2. The number of halogens is 1. The number of carbonyl (C=O) groups excluding carboxylic acids is 3. The zero-order valence-electron chi connectivity index (χ0n) is 21.1. The van der Waals surface area contributed by atoms with Crippen LogP contribution in [-0.2, 0) is 9.59 Å². The van der Waals surface area contributed by atoms with Gasteiger partial charge >= 0.3 is 6.03 Å². The summed E-state index contributed by atoms with van der Waals surface area (Å²) < 4.78 is 0. The van der Waals surface area contributed by atoms with Crippen molar-refractivity contribution in [2.45, 2.75) is 84.7 Å². The number of hydrogen-bond acceptors (Lipinski definition) is 3. The summed E-state index contributed by atoms with van der Waals surface area (Å²) in [7, 11) is 0. The fourth-order valence-electron chi connectivity index (χ4n) is 4.27. The minimum atomic E-state index is -0.634. The predicted octanol–water partition coefficient (Wildman–Crippen LogP) is 5.30. The van der Waals surface area contributed by atoms with Gasteiger partial charge in [-0.2, -0.15) is 0 Å². The predicted molar refractivity (Wildman–Crippen MR) is 138 cm³/mol. The van der Waals surface area contributed by atoms with Gasteiger partial charge in [-0.3, -0.25) is 9.59 Å². The topological polar surface area (TPSA) is 81.8 Å². The second kappa shape index (κ2) is 14.2. The van der Waals surface area contributed by atoms with Crippen LogP contribution < -0.4 is 10.6 Å². The molecule has 34 heavy (non-hydrogen) atoms. The Morgan fingerprint density at radius 3 is 2.35 bits per heavy atom. The van der Waals surface area contributed by atoms with Gasteiger partial charge in [0, 0.05) is 42.8 Å². The molecule has 7 nitrogen and oxygen atoms in total. The second-order valence-electron chi connectivity index (χ2n) is 9.35. The van der Waals surface area contributed by atoms with Gasteiger partial charge in [0.05, 0.1) is 0 Å². The molecule has 1 saturated heterocycles. The highest BCUT2D eigenvalue weighted by Gasteiger charge is 2.35. The van der Waals surface area contributed by atoms with Gasteiger partial charge in [-0.05, 0) is 43.5 Å². The Bertz CT molecular complexity index is 802. The van der Waals surface area contributed by atoms with Crippen molar-refractivity contribution in [1.29, 1.82) is 0 Å². The Labute approximate surface area is 209 Å². The summed E-state index contributed by atoms with van der Waals surface area (Å²) in [6, 6.07) is 5.72. The third kappa shape index (κ3) is 8.49. The first-order valence-corrected chi connectivity index (χ1v) is 13.1. The van der Waals surface area contributed by atoms with Gasteiger partial charge in [0.1, 0.15) is 6.04 Å². The number of rotatable bonds is 11. The van der Waals surface area contributed by atoms with Crippen molar-refractivity contribution in [3.05, 3.63) is 29.3 Å². The number of urea groups is 1. The van der Waals surface area contributed by atoms with E-state index in [2.05, 4.69) is 17.6 Å². The lowest BCUT2D eigenvalue weighted by atomic mass is 9.97. The lowest BCUT2D eigenvalue weighted by Crippen LogP contribution is -2.60. The monoisotopic (exact) mass is 492 g/mol. The molecule has 1 aromatic rings. The number of unbranched alkanes of at least 4 members (excludes halogenated alkanes) is 4. The van der Waals surface area contributed by atoms with Gasteiger partial charge in [-0.1, -0.05) is 64.5 Å². The summed E-state index contributed by atoms with van der Waals surface area (Å²) >= 11 is 5.90. The van der Waals surface area contributed by atoms with Gasteiger partial charge in [-0.15, -0.1) is 0 Å². The summed E-state index contributed by atoms with van der Waals surface area (Å²) in [5.74, 6) is 0.0516. The van der Waals surface area contributed by atoms with Crippen LogP contribution in [0.2, 0.25) is 5.02 Å². The van der Waals surface area contributed by atoms with Crippen LogP contribution in [-0.4, -0.2) is 59.4 Å². The maximum atomic E-state index is 13.4. The molecule has 1 aromatic carbocycles. The molecular weight excluding hydrogens is 452 g/mol. The molecule has 3 unspecified atom stereocenters. The molecule has 2 rings (SSSR count). The Morgan fingerprint density at radius 1 is 1.06 bits per heavy atom. The van der Waals surface area contributed by atoms with E-state index in [1.807, 2.05) is 25.7 Å². The van der Waals surface area contributed by atoms with E-state index in [1.54, 1.807) is 29.2 Å². The Morgan fingerprint density at radius 2 is 1.74 bits per heavy atom. The molecule has 2 N–H and O–H groups in total. The van der Waals surface area contributed by atoms with Crippen molar-refractivity contribution in [1.82, 2.24) is 15.1 Å². The van der Waals surface area contributed by atoms with Crippen LogP contribution in [0.3, 0.4) is 0 Å². The SMILES string of the molecule is CCCCCCCC(=O)N1CCN(C(=O)C(NC(=O)Nc2ccc(Cl)cc2)C(C)CC)CC1C. The van der Waals surface area contributed by atoms with Crippen molar-refractivity contribution in [2.24, 2.45) is 5.92 Å². The van der Waals surface area contributed by atoms with E-state index < -0.39 is 12.1 Å². The quantitative estimate of drug-likeness (QED) is 0.411. The largest absolute Gasteiger partial charge is 0.337 e. The van der Waals surface area contributed by atoms with E-state index >= 15 is 0 Å². The zero-order chi connectivity index (χ0) is 25.1. The summed E-state index contributed by atoms with van der Waals surface area (Å²) in [6.07, 6.45) is 6.93. The first-order valence-electron chi connectivity index (χ1n) is 12.7. The van der Waals surface area contributed by atoms with Gasteiger partial charge in [-0.25, -0.2) is 4.79 Å². The van der Waals surface area contributed by atoms with Gasteiger partial charge in [0.15, 0.2) is 0 Å². The Balaban J connectivity index is 1.92. The molecule has 0 radical (unpaired) electrons. The zero-order valence-corrected chi connectivity index (χ0v) is 21.9. The van der Waals surface area contributed by atoms with Crippen molar-refractivity contribution in [3.63, 3.8) is 0 Å². The fraction of sp³-hybridized carbons (Fsp3) is 0.654. The average Bonchev–Trinajstić information content (AvgIpc) is 2.82. The van der Waals surface area contributed by atoms with E-state index in [9.17, 15) is 14.4 Å². The number of anilines is 1. The standard InChI is InChI=1S/C26H41ClN4O3/c1-5-7-8-9-10-11-23(32)31-17-16-30(18-20(31)4)25(33)24(19(3)6-2)29-26(34)28-22-14-12-21(27)13-15-22/h12-15,19-20,24H,5-11,16-18H2,1-4H3,(H2,28,29,34). The molecule has 0 spiro atoms. The Hall–Kier alpha value is -2.28. The van der Waals surface area contributed by atoms with Crippen molar-refractivity contribution in [3.8, 4) is 0 Å². The normalized spacial score (nSPS) is 17.7. The molecule has 0 aliphatic carbocycles. The third-order valence-electron chi connectivity index (χ3n) is 6.62. The van der Waals surface area contributed by atoms with Crippen molar-refractivity contribution in [2.75, 3.05) is 25.0 Å². The first kappa shape index (κ1) is 28.0. The van der Waals surface area contributed by atoms with Gasteiger partial charge in [0.25, 0.3) is 0 Å². The van der Waals surface area contributed by atoms with Crippen molar-refractivity contribution >= 4 is 35.1 Å². The van der Waals surface area contributed by atoms with Crippen LogP contribution in [0.5, 0.6) is 0 Å². The minimum absolute atomic E-state index is 0.0263. The number of amides is 4. The maximum Gasteiger partial charge on any atom is 0.319 e. The van der Waals surface area contributed by atoms with Crippen LogP contribution in [0.4, 0.5) is 10.5 Å². The molecule has 0 aromatic heterocycles. The smallest absolute Gasteiger partial charge is 0.319 e. The second-order valence-corrected chi connectivity index (χ2v) is 9.79. The molecular formula is C26H41ClN4O3. The number of nitrogens with zero attached hydrogens (tertiary/aromatic N) is 2. The lowest BCUT2D eigenvalue weighted by molar-refractivity contribution is -0.144. The number of nitrogens with one attached hydrogen (secondary N) is 2. The van der Waals surface area contributed by atoms with Crippen LogP contribution >= 0.6 is 11.6 Å². The minimum Gasteiger partial charge on any atom is -0.337 e. The number of benzene rings is 1. The lowest BCUT2D eigenvalue weighted by Gasteiger charge is -2.41. The maximum absolute atomic E-state index is 13.4. The van der Waals surface area contributed by atoms with Crippen LogP contribution in [0.25, 0.3) is 0 Å². The van der Waals surface area contributed by atoms with Crippen LogP contribution in [0.1, 0.15) is 72.6 Å². The molecule has 3 atom stereocenters. The molecule has 1 fully saturated rings. The first-order chi connectivity index (χ1) is 16.3. The number of carbonyl (C=O) groups is 3. The van der Waals surface area contributed by atoms with Crippen LogP contribution in [0, 0.1) is 5.92 Å². The fourth-order valence-corrected chi connectivity index (χ4v) is 4.40. The molecule has 0 bridgehead atoms. The molecule has 8 heteroatoms. The average molecular weight is 493 g/mol. The molecule has 1 heterocycles. The van der Waals surface area contributed by atoms with E-state index in [0.717, 1.165) is 19.3 Å². The van der Waals surface area contributed by atoms with Crippen LogP contribution in [0.15, 0.2) is 24.3 Å². The van der Waals surface area contributed by atoms with E-state index in [-0.39, 0.29) is 23.8 Å². The molecule has 0 saturated carbocycles. The van der Waals surface area contributed by atoms with E-state index in [4.69, 9.17) is 11.6 Å². The van der Waals surface area contributed by atoms with E-state index in [0.29, 0.717) is 36.8 Å². The van der Waals surface area contributed by atoms with E-state index in [1.165, 1.54) is 19.3 Å². The van der Waals surface area contributed by atoms with Gasteiger partial charge < -0.3 is 20.4 Å². The third-order valence-corrected chi connectivity index (χ3v) is 6.87. The van der Waals surface area contributed by atoms with Crippen molar-refractivity contribution < 1.29 is 14.4 Å². The highest BCUT2D eigenvalue weighted by molar-refractivity contribution is 6.30. The molecule has 190 valence electrons. The summed E-state index contributed by atoms with van der Waals surface area (Å²) in [4.78, 5) is 42.4. The summed E-state index contributed by atoms with van der Waals surface area (Å²) in [6.45, 7) is 9.64. The molecule has 1 aliphatic heterocycles. The Kier molecular flexibility index (Phi) is 11.7. The highest BCUT2D eigenvalue weighted by Crippen LogP contribution is 2.18. The molecule has 4 amide bonds. The molecule has 1 aliphatic rings. The highest BCUT2D eigenvalue weighted by atomic mass is 35.5. The summed E-state index contributed by atoms with van der Waals surface area (Å²) in [5, 5.41) is 6.22. The number of piperazine rings is 1. The summed E-state index contributed by atoms with van der Waals surface area (Å²) in [5.41, 5.74) is 0.604. The van der Waals surface area contributed by atoms with Gasteiger partial charge in [0.2, 0.25) is 11.8 Å².